The van der Waals surface area contributed by atoms with Crippen molar-refractivity contribution in [3.8, 4) is 11.3 Å². The van der Waals surface area contributed by atoms with Crippen LogP contribution in [0.3, 0.4) is 0 Å². The number of hydrogen-bond acceptors (Lipinski definition) is 4. The lowest BCUT2D eigenvalue weighted by Crippen LogP contribution is -2.07. The summed E-state index contributed by atoms with van der Waals surface area (Å²) in [5.74, 6) is -0.140. The number of carbonyl (C=O) groups is 1. The first kappa shape index (κ1) is 14.9. The Morgan fingerprint density at radius 1 is 1.12 bits per heavy atom. The van der Waals surface area contributed by atoms with Crippen LogP contribution in [-0.2, 0) is 4.79 Å². The Kier molecular flexibility index (Phi) is 3.98. The summed E-state index contributed by atoms with van der Waals surface area (Å²) in [6, 6.07) is 11.6. The van der Waals surface area contributed by atoms with Gasteiger partial charge in [-0.1, -0.05) is 18.2 Å². The van der Waals surface area contributed by atoms with E-state index in [1.54, 1.807) is 28.7 Å². The van der Waals surface area contributed by atoms with Crippen LogP contribution in [0.2, 0.25) is 0 Å². The molecule has 0 aliphatic carbocycles. The van der Waals surface area contributed by atoms with Gasteiger partial charge in [-0.2, -0.15) is 0 Å². The van der Waals surface area contributed by atoms with E-state index in [9.17, 15) is 4.79 Å². The second kappa shape index (κ2) is 6.43. The number of aromatic nitrogens is 2. The molecule has 0 saturated carbocycles. The number of thiazole rings is 1. The summed E-state index contributed by atoms with van der Waals surface area (Å²) in [6.07, 6.45) is 7.35. The number of nitrogens with zero attached hydrogens (tertiary/aromatic N) is 2. The van der Waals surface area contributed by atoms with E-state index < -0.39 is 0 Å². The molecule has 0 atom stereocenters. The normalized spacial score (nSPS) is 11.3. The van der Waals surface area contributed by atoms with Gasteiger partial charge in [-0.05, 0) is 29.7 Å². The maximum Gasteiger partial charge on any atom is 0.248 e. The van der Waals surface area contributed by atoms with E-state index in [4.69, 9.17) is 0 Å². The Hall–Kier alpha value is -2.70. The lowest BCUT2D eigenvalue weighted by molar-refractivity contribution is -0.111. The molecule has 0 spiro atoms. The fourth-order valence-electron chi connectivity index (χ4n) is 2.32. The van der Waals surface area contributed by atoms with Crippen molar-refractivity contribution in [2.75, 3.05) is 5.32 Å². The molecule has 4 rings (SSSR count). The van der Waals surface area contributed by atoms with Gasteiger partial charge in [-0.15, -0.1) is 22.7 Å². The van der Waals surface area contributed by atoms with Crippen molar-refractivity contribution in [2.45, 2.75) is 0 Å². The van der Waals surface area contributed by atoms with Crippen LogP contribution < -0.4 is 5.32 Å². The molecule has 4 nitrogen and oxygen atoms in total. The van der Waals surface area contributed by atoms with Crippen molar-refractivity contribution in [1.29, 1.82) is 0 Å². The molecule has 0 radical (unpaired) electrons. The van der Waals surface area contributed by atoms with Gasteiger partial charge >= 0.3 is 0 Å². The van der Waals surface area contributed by atoms with Crippen molar-refractivity contribution in [1.82, 2.24) is 9.38 Å². The third-order valence-electron chi connectivity index (χ3n) is 3.48. The molecule has 3 aromatic heterocycles. The molecular weight excluding hydrogens is 338 g/mol. The van der Waals surface area contributed by atoms with Crippen LogP contribution in [0, 0.1) is 0 Å². The van der Waals surface area contributed by atoms with Crippen molar-refractivity contribution in [2.24, 2.45) is 0 Å². The van der Waals surface area contributed by atoms with E-state index in [1.165, 1.54) is 0 Å². The standard InChI is InChI=1S/C18H13N3OS2/c22-17(8-7-15-2-1-10-23-15)19-14-5-3-13(4-6-14)16-12-21-9-11-24-18(21)20-16/h1-12H,(H,19,22). The number of imidazole rings is 1. The van der Waals surface area contributed by atoms with Crippen molar-refractivity contribution < 1.29 is 4.79 Å². The van der Waals surface area contributed by atoms with Gasteiger partial charge in [0.25, 0.3) is 0 Å². The van der Waals surface area contributed by atoms with Crippen LogP contribution in [0.4, 0.5) is 5.69 Å². The van der Waals surface area contributed by atoms with Crippen LogP contribution >= 0.6 is 22.7 Å². The largest absolute Gasteiger partial charge is 0.323 e. The minimum Gasteiger partial charge on any atom is -0.323 e. The van der Waals surface area contributed by atoms with Crippen molar-refractivity contribution >= 4 is 45.3 Å². The number of rotatable bonds is 4. The summed E-state index contributed by atoms with van der Waals surface area (Å²) in [5, 5.41) is 6.85. The second-order valence-corrected chi connectivity index (χ2v) is 6.99. The monoisotopic (exact) mass is 351 g/mol. The molecular formula is C18H13N3OS2. The fourth-order valence-corrected chi connectivity index (χ4v) is 3.64. The van der Waals surface area contributed by atoms with E-state index in [0.29, 0.717) is 0 Å². The van der Waals surface area contributed by atoms with E-state index in [2.05, 4.69) is 10.3 Å². The Bertz CT molecular complexity index is 966. The molecule has 6 heteroatoms. The van der Waals surface area contributed by atoms with Gasteiger partial charge < -0.3 is 5.32 Å². The second-order valence-electron chi connectivity index (χ2n) is 5.13. The lowest BCUT2D eigenvalue weighted by Gasteiger charge is -2.03. The summed E-state index contributed by atoms with van der Waals surface area (Å²) in [5.41, 5.74) is 2.72. The maximum absolute atomic E-state index is 11.9. The topological polar surface area (TPSA) is 46.4 Å². The molecule has 118 valence electrons. The molecule has 1 N–H and O–H groups in total. The number of hydrogen-bond donors (Lipinski definition) is 1. The SMILES string of the molecule is O=C(C=Cc1cccs1)Nc1ccc(-c2cn3ccsc3n2)cc1. The summed E-state index contributed by atoms with van der Waals surface area (Å²) in [6.45, 7) is 0. The number of carbonyl (C=O) groups excluding carboxylic acids is 1. The van der Waals surface area contributed by atoms with Crippen molar-refractivity contribution in [3.05, 3.63) is 70.5 Å². The number of thiophene rings is 1. The van der Waals surface area contributed by atoms with E-state index in [0.717, 1.165) is 26.8 Å². The molecule has 1 amide bonds. The molecule has 1 aromatic carbocycles. The minimum absolute atomic E-state index is 0.140. The molecule has 0 saturated heterocycles. The number of fused-ring (bicyclic) bond motifs is 1. The number of nitrogens with one attached hydrogen (secondary N) is 1. The average molecular weight is 351 g/mol. The summed E-state index contributed by atoms with van der Waals surface area (Å²) < 4.78 is 2.01. The molecule has 3 heterocycles. The highest BCUT2D eigenvalue weighted by molar-refractivity contribution is 7.15. The van der Waals surface area contributed by atoms with E-state index in [-0.39, 0.29) is 5.91 Å². The molecule has 0 unspecified atom stereocenters. The first-order chi connectivity index (χ1) is 11.8. The van der Waals surface area contributed by atoms with Gasteiger partial charge in [-0.25, -0.2) is 4.98 Å². The summed E-state index contributed by atoms with van der Waals surface area (Å²) in [4.78, 5) is 18.5. The van der Waals surface area contributed by atoms with Crippen LogP contribution in [-0.4, -0.2) is 15.3 Å². The third kappa shape index (κ3) is 3.15. The minimum atomic E-state index is -0.140. The van der Waals surface area contributed by atoms with Crippen LogP contribution in [0.15, 0.2) is 65.6 Å². The smallest absolute Gasteiger partial charge is 0.248 e. The van der Waals surface area contributed by atoms with E-state index >= 15 is 0 Å². The van der Waals surface area contributed by atoms with Gasteiger partial charge in [0, 0.05) is 40.0 Å². The zero-order chi connectivity index (χ0) is 16.4. The fraction of sp³-hybridized carbons (Fsp3) is 0. The van der Waals surface area contributed by atoms with Gasteiger partial charge in [0.2, 0.25) is 5.91 Å². The van der Waals surface area contributed by atoms with Gasteiger partial charge in [-0.3, -0.25) is 9.20 Å². The van der Waals surface area contributed by atoms with Gasteiger partial charge in [0.15, 0.2) is 4.96 Å². The zero-order valence-corrected chi connectivity index (χ0v) is 14.2. The molecule has 4 aromatic rings. The predicted octanol–water partition coefficient (Wildman–Crippen LogP) is 4.78. The van der Waals surface area contributed by atoms with Crippen LogP contribution in [0.1, 0.15) is 4.88 Å². The number of anilines is 1. The van der Waals surface area contributed by atoms with Crippen LogP contribution in [0.5, 0.6) is 0 Å². The average Bonchev–Trinajstić information content (AvgIpc) is 3.30. The number of amides is 1. The quantitative estimate of drug-likeness (QED) is 0.538. The third-order valence-corrected chi connectivity index (χ3v) is 5.09. The Balaban J connectivity index is 1.45. The number of benzene rings is 1. The van der Waals surface area contributed by atoms with Gasteiger partial charge in [0.1, 0.15) is 0 Å². The van der Waals surface area contributed by atoms with Crippen LogP contribution in [0.25, 0.3) is 22.3 Å². The molecule has 0 aliphatic heterocycles. The highest BCUT2D eigenvalue weighted by Crippen LogP contribution is 2.23. The zero-order valence-electron chi connectivity index (χ0n) is 12.5. The van der Waals surface area contributed by atoms with E-state index in [1.807, 2.05) is 70.0 Å². The highest BCUT2D eigenvalue weighted by Gasteiger charge is 2.05. The highest BCUT2D eigenvalue weighted by atomic mass is 32.1. The summed E-state index contributed by atoms with van der Waals surface area (Å²) >= 11 is 3.20. The molecule has 0 bridgehead atoms. The predicted molar refractivity (Wildman–Crippen MR) is 100 cm³/mol. The summed E-state index contributed by atoms with van der Waals surface area (Å²) in [7, 11) is 0. The first-order valence-corrected chi connectivity index (χ1v) is 9.09. The Labute approximate surface area is 146 Å². The Morgan fingerprint density at radius 2 is 2.00 bits per heavy atom. The van der Waals surface area contributed by atoms with Crippen molar-refractivity contribution in [3.63, 3.8) is 0 Å². The molecule has 0 aliphatic rings. The molecule has 0 fully saturated rings. The lowest BCUT2D eigenvalue weighted by atomic mass is 10.1. The molecule has 24 heavy (non-hydrogen) atoms. The Morgan fingerprint density at radius 3 is 2.75 bits per heavy atom. The van der Waals surface area contributed by atoms with Gasteiger partial charge in [0.05, 0.1) is 5.69 Å². The first-order valence-electron chi connectivity index (χ1n) is 7.33. The maximum atomic E-state index is 11.9.